The Morgan fingerprint density at radius 1 is 1.26 bits per heavy atom. The lowest BCUT2D eigenvalue weighted by atomic mass is 10.2. The van der Waals surface area contributed by atoms with Crippen LogP contribution < -0.4 is 5.43 Å². The van der Waals surface area contributed by atoms with Crippen LogP contribution in [0.5, 0.6) is 0 Å². The maximum absolute atomic E-state index is 11.5. The second-order valence-electron chi connectivity index (χ2n) is 3.53. The normalized spacial score (nSPS) is 10.5. The van der Waals surface area contributed by atoms with Gasteiger partial charge in [0, 0.05) is 18.2 Å². The van der Waals surface area contributed by atoms with Gasteiger partial charge in [-0.2, -0.15) is 0 Å². The number of hydrogen-bond donors (Lipinski definition) is 1. The zero-order valence-electron chi connectivity index (χ0n) is 9.63. The van der Waals surface area contributed by atoms with Gasteiger partial charge in [-0.3, -0.25) is 20.3 Å². The molecule has 1 heterocycles. The van der Waals surface area contributed by atoms with E-state index in [-0.39, 0.29) is 11.6 Å². The molecular formula is C11H9N5O3. The van der Waals surface area contributed by atoms with Crippen LogP contribution in [0, 0.1) is 10.1 Å². The van der Waals surface area contributed by atoms with Crippen LogP contribution in [0.15, 0.2) is 43.0 Å². The quantitative estimate of drug-likeness (QED) is 0.500. The highest BCUT2D eigenvalue weighted by molar-refractivity contribution is 5.97. The monoisotopic (exact) mass is 259 g/mol. The maximum Gasteiger partial charge on any atom is 0.269 e. The van der Waals surface area contributed by atoms with E-state index in [2.05, 4.69) is 15.6 Å². The van der Waals surface area contributed by atoms with Gasteiger partial charge in [0.15, 0.2) is 0 Å². The zero-order valence-corrected chi connectivity index (χ0v) is 9.63. The van der Waals surface area contributed by atoms with Crippen molar-refractivity contribution in [2.24, 2.45) is 0 Å². The molecule has 2 rings (SSSR count). The first kappa shape index (κ1) is 12.4. The van der Waals surface area contributed by atoms with E-state index in [1.165, 1.54) is 35.5 Å². The molecule has 0 saturated heterocycles. The molecule has 19 heavy (non-hydrogen) atoms. The highest BCUT2D eigenvalue weighted by Crippen LogP contribution is 2.12. The van der Waals surface area contributed by atoms with E-state index in [4.69, 9.17) is 0 Å². The van der Waals surface area contributed by atoms with Gasteiger partial charge in [0.05, 0.1) is 4.92 Å². The van der Waals surface area contributed by atoms with Crippen molar-refractivity contribution in [2.75, 3.05) is 5.43 Å². The van der Waals surface area contributed by atoms with Crippen molar-refractivity contribution in [2.45, 2.75) is 0 Å². The van der Waals surface area contributed by atoms with Crippen molar-refractivity contribution in [3.8, 4) is 0 Å². The predicted molar refractivity (Wildman–Crippen MR) is 66.5 cm³/mol. The van der Waals surface area contributed by atoms with Crippen molar-refractivity contribution in [3.05, 3.63) is 58.7 Å². The van der Waals surface area contributed by atoms with Crippen molar-refractivity contribution in [1.82, 2.24) is 14.9 Å². The molecule has 0 saturated carbocycles. The van der Waals surface area contributed by atoms with E-state index in [9.17, 15) is 14.9 Å². The Labute approximate surface area is 107 Å². The minimum Gasteiger partial charge on any atom is -0.268 e. The molecule has 8 heteroatoms. The lowest BCUT2D eigenvalue weighted by molar-refractivity contribution is -0.384. The minimum absolute atomic E-state index is 0.00564. The molecule has 0 atom stereocenters. The van der Waals surface area contributed by atoms with Crippen molar-refractivity contribution in [1.29, 1.82) is 0 Å². The number of nitro benzene ring substituents is 1. The number of amides is 1. The highest BCUT2D eigenvalue weighted by Gasteiger charge is 2.02. The Kier molecular flexibility index (Phi) is 3.62. The summed E-state index contributed by atoms with van der Waals surface area (Å²) in [6, 6.07) is 5.86. The Balaban J connectivity index is 1.98. The van der Waals surface area contributed by atoms with E-state index in [0.29, 0.717) is 5.56 Å². The fourth-order valence-electron chi connectivity index (χ4n) is 1.30. The average molecular weight is 259 g/mol. The molecule has 1 N–H and O–H groups in total. The number of rotatable bonds is 4. The molecule has 96 valence electrons. The molecule has 0 radical (unpaired) electrons. The SMILES string of the molecule is O=C(/C=C/c1ccc([N+](=O)[O-])cc1)Nn1cnnc1. The van der Waals surface area contributed by atoms with E-state index in [1.54, 1.807) is 18.2 Å². The smallest absolute Gasteiger partial charge is 0.268 e. The number of nitro groups is 1. The average Bonchev–Trinajstić information content (AvgIpc) is 2.89. The topological polar surface area (TPSA) is 103 Å². The van der Waals surface area contributed by atoms with Crippen LogP contribution in [-0.2, 0) is 4.79 Å². The summed E-state index contributed by atoms with van der Waals surface area (Å²) in [5.41, 5.74) is 3.17. The summed E-state index contributed by atoms with van der Waals surface area (Å²) in [5, 5.41) is 17.5. The number of carbonyl (C=O) groups is 1. The molecule has 0 spiro atoms. The number of aromatic nitrogens is 3. The fraction of sp³-hybridized carbons (Fsp3) is 0. The second kappa shape index (κ2) is 5.54. The van der Waals surface area contributed by atoms with Gasteiger partial charge in [0.1, 0.15) is 12.7 Å². The van der Waals surface area contributed by atoms with E-state index < -0.39 is 4.92 Å². The summed E-state index contributed by atoms with van der Waals surface area (Å²) in [7, 11) is 0. The van der Waals surface area contributed by atoms with Crippen LogP contribution in [-0.4, -0.2) is 25.7 Å². The van der Waals surface area contributed by atoms with Crippen molar-refractivity contribution in [3.63, 3.8) is 0 Å². The summed E-state index contributed by atoms with van der Waals surface area (Å²) in [6.07, 6.45) is 5.54. The van der Waals surface area contributed by atoms with Crippen LogP contribution in [0.4, 0.5) is 5.69 Å². The van der Waals surface area contributed by atoms with Gasteiger partial charge >= 0.3 is 0 Å². The maximum atomic E-state index is 11.5. The number of carbonyl (C=O) groups excluding carboxylic acids is 1. The summed E-state index contributed by atoms with van der Waals surface area (Å²) < 4.78 is 1.31. The van der Waals surface area contributed by atoms with Gasteiger partial charge in [-0.05, 0) is 23.8 Å². The van der Waals surface area contributed by atoms with Crippen LogP contribution in [0.1, 0.15) is 5.56 Å². The Bertz CT molecular complexity index is 604. The van der Waals surface area contributed by atoms with Crippen molar-refractivity contribution < 1.29 is 9.72 Å². The van der Waals surface area contributed by atoms with Gasteiger partial charge in [0.2, 0.25) is 0 Å². The first-order chi connectivity index (χ1) is 9.15. The molecular weight excluding hydrogens is 250 g/mol. The van der Waals surface area contributed by atoms with Crippen molar-refractivity contribution >= 4 is 17.7 Å². The first-order valence-corrected chi connectivity index (χ1v) is 5.23. The lowest BCUT2D eigenvalue weighted by Gasteiger charge is -1.99. The molecule has 0 aliphatic heterocycles. The standard InChI is InChI=1S/C11H9N5O3/c17-11(14-15-7-12-13-8-15)6-3-9-1-4-10(5-2-9)16(18)19/h1-8H,(H,14,17)/b6-3+. The third-order valence-corrected chi connectivity index (χ3v) is 2.19. The summed E-state index contributed by atoms with van der Waals surface area (Å²) in [4.78, 5) is 21.5. The van der Waals surface area contributed by atoms with Crippen LogP contribution in [0.2, 0.25) is 0 Å². The third kappa shape index (κ3) is 3.46. The Morgan fingerprint density at radius 2 is 1.89 bits per heavy atom. The first-order valence-electron chi connectivity index (χ1n) is 5.23. The predicted octanol–water partition coefficient (Wildman–Crippen LogP) is 0.970. The third-order valence-electron chi connectivity index (χ3n) is 2.19. The number of nitrogens with zero attached hydrogens (tertiary/aromatic N) is 4. The summed E-state index contributed by atoms with van der Waals surface area (Å²) in [5.74, 6) is -0.363. The second-order valence-corrected chi connectivity index (χ2v) is 3.53. The van der Waals surface area contributed by atoms with E-state index >= 15 is 0 Å². The zero-order chi connectivity index (χ0) is 13.7. The number of benzene rings is 1. The fourth-order valence-corrected chi connectivity index (χ4v) is 1.30. The van der Waals surface area contributed by atoms with Crippen LogP contribution >= 0.6 is 0 Å². The number of non-ortho nitro benzene ring substituents is 1. The molecule has 1 aromatic carbocycles. The van der Waals surface area contributed by atoms with Gasteiger partial charge in [0.25, 0.3) is 11.6 Å². The van der Waals surface area contributed by atoms with Crippen LogP contribution in [0.3, 0.4) is 0 Å². The minimum atomic E-state index is -0.480. The van der Waals surface area contributed by atoms with Gasteiger partial charge in [-0.15, -0.1) is 10.2 Å². The van der Waals surface area contributed by atoms with Gasteiger partial charge in [-0.1, -0.05) is 0 Å². The number of hydrogen-bond acceptors (Lipinski definition) is 5. The lowest BCUT2D eigenvalue weighted by Crippen LogP contribution is -2.18. The highest BCUT2D eigenvalue weighted by atomic mass is 16.6. The Morgan fingerprint density at radius 3 is 2.47 bits per heavy atom. The molecule has 0 fully saturated rings. The summed E-state index contributed by atoms with van der Waals surface area (Å²) in [6.45, 7) is 0. The van der Waals surface area contributed by atoms with Gasteiger partial charge < -0.3 is 0 Å². The number of nitrogens with one attached hydrogen (secondary N) is 1. The molecule has 1 amide bonds. The Hall–Kier alpha value is -3.03. The molecule has 0 aliphatic rings. The molecule has 0 unspecified atom stereocenters. The van der Waals surface area contributed by atoms with Crippen LogP contribution in [0.25, 0.3) is 6.08 Å². The van der Waals surface area contributed by atoms with Gasteiger partial charge in [-0.25, -0.2) is 4.68 Å². The van der Waals surface area contributed by atoms with E-state index in [0.717, 1.165) is 0 Å². The summed E-state index contributed by atoms with van der Waals surface area (Å²) >= 11 is 0. The molecule has 1 aromatic heterocycles. The molecule has 8 nitrogen and oxygen atoms in total. The van der Waals surface area contributed by atoms with E-state index in [1.807, 2.05) is 0 Å². The molecule has 0 aliphatic carbocycles. The largest absolute Gasteiger partial charge is 0.269 e. The molecule has 0 bridgehead atoms. The molecule has 2 aromatic rings.